The summed E-state index contributed by atoms with van der Waals surface area (Å²) in [4.78, 5) is 8.57. The van der Waals surface area contributed by atoms with E-state index in [9.17, 15) is 0 Å². The van der Waals surface area contributed by atoms with Crippen LogP contribution in [0.4, 0.5) is 0 Å². The fraction of sp³-hybridized carbons (Fsp3) is 0.533. The number of hydrogen-bond donors (Lipinski definition) is 1. The van der Waals surface area contributed by atoms with E-state index in [1.54, 1.807) is 18.5 Å². The molecule has 37 heavy (non-hydrogen) atoms. The van der Waals surface area contributed by atoms with Crippen molar-refractivity contribution < 1.29 is 4.74 Å². The highest BCUT2D eigenvalue weighted by Gasteiger charge is 2.28. The molecule has 1 saturated heterocycles. The van der Waals surface area contributed by atoms with Gasteiger partial charge in [0.25, 0.3) is 0 Å². The van der Waals surface area contributed by atoms with Crippen LogP contribution in [0.25, 0.3) is 11.5 Å². The highest BCUT2D eigenvalue weighted by molar-refractivity contribution is 5.85. The minimum Gasteiger partial charge on any atom is -0.379 e. The van der Waals surface area contributed by atoms with Crippen molar-refractivity contribution in [1.29, 1.82) is 0 Å². The van der Waals surface area contributed by atoms with Gasteiger partial charge in [-0.2, -0.15) is 5.10 Å². The molecule has 0 bridgehead atoms. The number of nitrogens with one attached hydrogen (secondary N) is 1. The van der Waals surface area contributed by atoms with Gasteiger partial charge in [-0.25, -0.2) is 9.97 Å². The number of unbranched alkanes of at least 4 members (excludes halogenated alkanes) is 5. The summed E-state index contributed by atoms with van der Waals surface area (Å²) >= 11 is 0. The van der Waals surface area contributed by atoms with Gasteiger partial charge in [0.1, 0.15) is 5.69 Å². The average molecular weight is 524 g/mol. The summed E-state index contributed by atoms with van der Waals surface area (Å²) in [5, 5.41) is 12.2. The summed E-state index contributed by atoms with van der Waals surface area (Å²) in [7, 11) is 0. The van der Waals surface area contributed by atoms with Gasteiger partial charge in [0.05, 0.1) is 18.9 Å². The van der Waals surface area contributed by atoms with Crippen molar-refractivity contribution in [3.8, 4) is 11.5 Å². The van der Waals surface area contributed by atoms with Crippen LogP contribution in [0, 0.1) is 6.92 Å². The van der Waals surface area contributed by atoms with Gasteiger partial charge in [0.2, 0.25) is 0 Å². The molecule has 2 aromatic heterocycles. The largest absolute Gasteiger partial charge is 0.379 e. The Labute approximate surface area is 228 Å². The van der Waals surface area contributed by atoms with E-state index in [0.29, 0.717) is 30.1 Å². The summed E-state index contributed by atoms with van der Waals surface area (Å²) in [6.07, 6.45) is 14.7. The monoisotopic (exact) mass is 523 g/mol. The number of rotatable bonds is 14. The van der Waals surface area contributed by atoms with Crippen molar-refractivity contribution in [3.63, 3.8) is 0 Å². The Morgan fingerprint density at radius 3 is 2.49 bits per heavy atom. The van der Waals surface area contributed by atoms with Crippen LogP contribution in [0.5, 0.6) is 0 Å². The molecule has 1 fully saturated rings. The van der Waals surface area contributed by atoms with Crippen LogP contribution in [0.1, 0.15) is 80.2 Å². The second kappa shape index (κ2) is 15.8. The Morgan fingerprint density at radius 1 is 0.946 bits per heavy atom. The SMILES string of the molecule is CCCCCCCCc1ccc([C@H]2CCN[C@@H]2COCCc2cc(-c3ncccn3)nnc2C)cc1.Cl. The lowest BCUT2D eigenvalue weighted by Gasteiger charge is -2.20. The van der Waals surface area contributed by atoms with E-state index in [4.69, 9.17) is 4.74 Å². The van der Waals surface area contributed by atoms with Gasteiger partial charge in [-0.1, -0.05) is 63.3 Å². The van der Waals surface area contributed by atoms with Crippen LogP contribution in [-0.4, -0.2) is 46.0 Å². The highest BCUT2D eigenvalue weighted by atomic mass is 35.5. The molecule has 1 aliphatic heterocycles. The minimum absolute atomic E-state index is 0. The molecule has 0 radical (unpaired) electrons. The highest BCUT2D eigenvalue weighted by Crippen LogP contribution is 2.28. The Balaban J connectivity index is 0.00000380. The third-order valence-corrected chi connectivity index (χ3v) is 7.27. The lowest BCUT2D eigenvalue weighted by atomic mass is 9.91. The number of halogens is 1. The molecule has 2 atom stereocenters. The van der Waals surface area contributed by atoms with Gasteiger partial charge < -0.3 is 10.1 Å². The van der Waals surface area contributed by atoms with E-state index >= 15 is 0 Å². The van der Waals surface area contributed by atoms with Gasteiger partial charge in [0, 0.05) is 24.4 Å². The smallest absolute Gasteiger partial charge is 0.180 e. The zero-order valence-electron chi connectivity index (χ0n) is 22.4. The molecule has 3 heterocycles. The van der Waals surface area contributed by atoms with Gasteiger partial charge in [-0.15, -0.1) is 17.5 Å². The minimum atomic E-state index is 0. The van der Waals surface area contributed by atoms with E-state index < -0.39 is 0 Å². The molecule has 3 aromatic rings. The molecule has 1 aromatic carbocycles. The van der Waals surface area contributed by atoms with Crippen LogP contribution in [0.15, 0.2) is 48.8 Å². The molecule has 7 heteroatoms. The van der Waals surface area contributed by atoms with Gasteiger partial charge in [-0.05, 0) is 68.0 Å². The average Bonchev–Trinajstić information content (AvgIpc) is 3.39. The number of benzene rings is 1. The maximum absolute atomic E-state index is 6.15. The Hall–Kier alpha value is -2.41. The predicted octanol–water partition coefficient (Wildman–Crippen LogP) is 6.27. The maximum atomic E-state index is 6.15. The first kappa shape index (κ1) is 29.2. The molecular weight excluding hydrogens is 482 g/mol. The predicted molar refractivity (Wildman–Crippen MR) is 152 cm³/mol. The molecule has 4 rings (SSSR count). The van der Waals surface area contributed by atoms with Crippen molar-refractivity contribution in [2.75, 3.05) is 19.8 Å². The third kappa shape index (κ3) is 8.84. The number of aromatic nitrogens is 4. The molecule has 1 aliphatic rings. The molecule has 1 N–H and O–H groups in total. The molecule has 0 aliphatic carbocycles. The summed E-state index contributed by atoms with van der Waals surface area (Å²) in [6, 6.07) is 13.6. The van der Waals surface area contributed by atoms with Crippen molar-refractivity contribution >= 4 is 12.4 Å². The van der Waals surface area contributed by atoms with E-state index in [1.807, 2.05) is 13.0 Å². The van der Waals surface area contributed by atoms with Crippen LogP contribution >= 0.6 is 12.4 Å². The van der Waals surface area contributed by atoms with E-state index in [2.05, 4.69) is 56.7 Å². The van der Waals surface area contributed by atoms with Crippen LogP contribution in [-0.2, 0) is 17.6 Å². The van der Waals surface area contributed by atoms with Crippen molar-refractivity contribution in [2.45, 2.75) is 83.6 Å². The fourth-order valence-electron chi connectivity index (χ4n) is 5.06. The molecule has 0 unspecified atom stereocenters. The van der Waals surface area contributed by atoms with Gasteiger partial charge in [0.15, 0.2) is 5.82 Å². The van der Waals surface area contributed by atoms with Crippen LogP contribution in [0.3, 0.4) is 0 Å². The van der Waals surface area contributed by atoms with Crippen LogP contribution in [0.2, 0.25) is 0 Å². The second-order valence-corrected chi connectivity index (χ2v) is 9.95. The second-order valence-electron chi connectivity index (χ2n) is 9.95. The summed E-state index contributed by atoms with van der Waals surface area (Å²) in [5.74, 6) is 1.11. The first-order chi connectivity index (χ1) is 17.7. The molecular formula is C30H42ClN5O. The number of nitrogens with zero attached hydrogens (tertiary/aromatic N) is 4. The summed E-state index contributed by atoms with van der Waals surface area (Å²) in [6.45, 7) is 6.69. The standard InChI is InChI=1S/C30H41N5O.ClH/c1-3-4-5-6-7-8-10-24-11-13-25(14-12-24)27-15-19-31-29(27)22-36-20-16-26-21-28(35-34-23(26)2)30-32-17-9-18-33-30;/h9,11-14,17-18,21,27,29,31H,3-8,10,15-16,19-20,22H2,1-2H3;1H/t27-,29-;/m1./s1. The topological polar surface area (TPSA) is 72.8 Å². The first-order valence-corrected chi connectivity index (χ1v) is 13.7. The number of hydrogen-bond acceptors (Lipinski definition) is 6. The quantitative estimate of drug-likeness (QED) is 0.251. The van der Waals surface area contributed by atoms with E-state index in [-0.39, 0.29) is 12.4 Å². The number of ether oxygens (including phenoxy) is 1. The van der Waals surface area contributed by atoms with E-state index in [0.717, 1.165) is 30.8 Å². The Kier molecular flexibility index (Phi) is 12.4. The zero-order valence-corrected chi connectivity index (χ0v) is 23.2. The van der Waals surface area contributed by atoms with E-state index in [1.165, 1.54) is 62.5 Å². The van der Waals surface area contributed by atoms with Crippen LogP contribution < -0.4 is 5.32 Å². The Morgan fingerprint density at radius 2 is 1.70 bits per heavy atom. The fourth-order valence-corrected chi connectivity index (χ4v) is 5.06. The molecule has 0 saturated carbocycles. The van der Waals surface area contributed by atoms with Gasteiger partial charge >= 0.3 is 0 Å². The first-order valence-electron chi connectivity index (χ1n) is 13.7. The normalized spacial score (nSPS) is 17.0. The molecule has 200 valence electrons. The lowest BCUT2D eigenvalue weighted by Crippen LogP contribution is -2.31. The zero-order chi connectivity index (χ0) is 25.0. The summed E-state index contributed by atoms with van der Waals surface area (Å²) < 4.78 is 6.15. The van der Waals surface area contributed by atoms with Gasteiger partial charge in [-0.3, -0.25) is 0 Å². The molecule has 6 nitrogen and oxygen atoms in total. The molecule has 0 spiro atoms. The lowest BCUT2D eigenvalue weighted by molar-refractivity contribution is 0.114. The van der Waals surface area contributed by atoms with Crippen molar-refractivity contribution in [3.05, 3.63) is 71.2 Å². The molecule has 0 amide bonds. The third-order valence-electron chi connectivity index (χ3n) is 7.27. The van der Waals surface area contributed by atoms with Crippen molar-refractivity contribution in [2.24, 2.45) is 0 Å². The Bertz CT molecular complexity index is 1050. The number of aryl methyl sites for hydroxylation is 2. The maximum Gasteiger partial charge on any atom is 0.180 e. The summed E-state index contributed by atoms with van der Waals surface area (Å²) in [5.41, 5.74) is 5.66. The van der Waals surface area contributed by atoms with Crippen molar-refractivity contribution in [1.82, 2.24) is 25.5 Å².